The van der Waals surface area contributed by atoms with Crippen molar-refractivity contribution < 1.29 is 9.13 Å². The predicted octanol–water partition coefficient (Wildman–Crippen LogP) is 4.95. The minimum absolute atomic E-state index is 0.251. The maximum Gasteiger partial charge on any atom is 0.138 e. The highest BCUT2D eigenvalue weighted by Gasteiger charge is 2.03. The second-order valence-corrected chi connectivity index (χ2v) is 4.78. The van der Waals surface area contributed by atoms with Crippen LogP contribution in [0, 0.1) is 5.82 Å². The third kappa shape index (κ3) is 3.47. The number of benzene rings is 2. The molecule has 0 atom stereocenters. The average Bonchev–Trinajstić information content (AvgIpc) is 2.39. The number of ether oxygens (including phenoxy) is 1. The Balaban J connectivity index is 2.04. The van der Waals surface area contributed by atoms with E-state index in [2.05, 4.69) is 15.9 Å². The number of hydrogen-bond donors (Lipinski definition) is 0. The van der Waals surface area contributed by atoms with Gasteiger partial charge in [0.1, 0.15) is 18.2 Å². The molecule has 0 saturated carbocycles. The number of hydrogen-bond acceptors (Lipinski definition) is 1. The van der Waals surface area contributed by atoms with E-state index >= 15 is 0 Å². The first kappa shape index (κ1) is 13.4. The summed E-state index contributed by atoms with van der Waals surface area (Å²) in [6.07, 6.45) is 0. The van der Waals surface area contributed by atoms with Crippen molar-refractivity contribution in [2.24, 2.45) is 0 Å². The third-order valence-electron chi connectivity index (χ3n) is 2.46. The Labute approximate surface area is 119 Å². The van der Waals surface area contributed by atoms with Crippen LogP contribution in [-0.2, 0) is 11.9 Å². The van der Waals surface area contributed by atoms with Gasteiger partial charge in [0.25, 0.3) is 0 Å². The Kier molecular flexibility index (Phi) is 4.61. The van der Waals surface area contributed by atoms with Gasteiger partial charge < -0.3 is 4.74 Å². The van der Waals surface area contributed by atoms with Gasteiger partial charge in [0.05, 0.1) is 5.02 Å². The molecule has 0 spiro atoms. The van der Waals surface area contributed by atoms with E-state index in [1.54, 1.807) is 12.1 Å². The molecule has 18 heavy (non-hydrogen) atoms. The van der Waals surface area contributed by atoms with Crippen molar-refractivity contribution in [2.75, 3.05) is 0 Å². The lowest BCUT2D eigenvalue weighted by Gasteiger charge is -2.09. The zero-order valence-corrected chi connectivity index (χ0v) is 11.8. The number of alkyl halides is 1. The fraction of sp³-hybridized carbons (Fsp3) is 0.143. The predicted molar refractivity (Wildman–Crippen MR) is 74.8 cm³/mol. The average molecular weight is 330 g/mol. The molecule has 2 rings (SSSR count). The molecule has 0 heterocycles. The molecule has 0 unspecified atom stereocenters. The van der Waals surface area contributed by atoms with Crippen molar-refractivity contribution in [3.8, 4) is 5.75 Å². The number of halogens is 3. The first-order chi connectivity index (χ1) is 8.69. The van der Waals surface area contributed by atoms with E-state index in [-0.39, 0.29) is 5.82 Å². The standard InChI is InChI=1S/C14H11BrClFO/c15-8-11-3-6-14(13(16)7-11)18-9-10-1-4-12(17)5-2-10/h1-7H,8-9H2. The Bertz CT molecular complexity index is 528. The molecule has 0 saturated heterocycles. The minimum Gasteiger partial charge on any atom is -0.487 e. The third-order valence-corrected chi connectivity index (χ3v) is 3.40. The largest absolute Gasteiger partial charge is 0.487 e. The van der Waals surface area contributed by atoms with Crippen molar-refractivity contribution in [2.45, 2.75) is 11.9 Å². The summed E-state index contributed by atoms with van der Waals surface area (Å²) in [5.74, 6) is 0.379. The van der Waals surface area contributed by atoms with Crippen LogP contribution in [0.15, 0.2) is 42.5 Å². The van der Waals surface area contributed by atoms with Crippen LogP contribution in [-0.4, -0.2) is 0 Å². The summed E-state index contributed by atoms with van der Waals surface area (Å²) < 4.78 is 18.3. The van der Waals surface area contributed by atoms with Crippen LogP contribution >= 0.6 is 27.5 Å². The minimum atomic E-state index is -0.251. The molecule has 2 aromatic rings. The van der Waals surface area contributed by atoms with Crippen LogP contribution in [0.5, 0.6) is 5.75 Å². The van der Waals surface area contributed by atoms with E-state index in [1.165, 1.54) is 12.1 Å². The van der Waals surface area contributed by atoms with Crippen molar-refractivity contribution >= 4 is 27.5 Å². The molecule has 0 fully saturated rings. The molecule has 94 valence electrons. The van der Waals surface area contributed by atoms with Crippen LogP contribution in [0.3, 0.4) is 0 Å². The lowest BCUT2D eigenvalue weighted by Crippen LogP contribution is -1.96. The first-order valence-corrected chi connectivity index (χ1v) is 6.90. The Morgan fingerprint density at radius 2 is 1.72 bits per heavy atom. The second kappa shape index (κ2) is 6.21. The van der Waals surface area contributed by atoms with Crippen LogP contribution in [0.1, 0.15) is 11.1 Å². The Morgan fingerprint density at radius 1 is 1.06 bits per heavy atom. The zero-order valence-electron chi connectivity index (χ0n) is 9.50. The molecule has 0 amide bonds. The van der Waals surface area contributed by atoms with Crippen LogP contribution in [0.4, 0.5) is 4.39 Å². The van der Waals surface area contributed by atoms with Crippen molar-refractivity contribution in [1.29, 1.82) is 0 Å². The summed E-state index contributed by atoms with van der Waals surface area (Å²) in [6.45, 7) is 0.369. The molecule has 0 aromatic heterocycles. The van der Waals surface area contributed by atoms with Crippen LogP contribution in [0.2, 0.25) is 5.02 Å². The molecule has 0 aliphatic heterocycles. The van der Waals surface area contributed by atoms with Gasteiger partial charge in [-0.25, -0.2) is 4.39 Å². The number of rotatable bonds is 4. The summed E-state index contributed by atoms with van der Waals surface area (Å²) in [5.41, 5.74) is 1.99. The molecule has 4 heteroatoms. The molecule has 0 bridgehead atoms. The zero-order chi connectivity index (χ0) is 13.0. The summed E-state index contributed by atoms with van der Waals surface area (Å²) in [6, 6.07) is 11.8. The molecular weight excluding hydrogens is 319 g/mol. The Hall–Kier alpha value is -1.06. The van der Waals surface area contributed by atoms with Gasteiger partial charge in [-0.3, -0.25) is 0 Å². The highest BCUT2D eigenvalue weighted by molar-refractivity contribution is 9.08. The van der Waals surface area contributed by atoms with E-state index in [9.17, 15) is 4.39 Å². The summed E-state index contributed by atoms with van der Waals surface area (Å²) in [5, 5.41) is 1.33. The molecule has 2 aromatic carbocycles. The van der Waals surface area contributed by atoms with Gasteiger partial charge in [-0.15, -0.1) is 0 Å². The summed E-state index contributed by atoms with van der Waals surface area (Å²) in [4.78, 5) is 0. The maximum absolute atomic E-state index is 12.7. The van der Waals surface area contributed by atoms with E-state index in [0.29, 0.717) is 17.4 Å². The molecule has 0 N–H and O–H groups in total. The van der Waals surface area contributed by atoms with Crippen molar-refractivity contribution in [3.63, 3.8) is 0 Å². The molecule has 0 aliphatic carbocycles. The maximum atomic E-state index is 12.7. The quantitative estimate of drug-likeness (QED) is 0.721. The van der Waals surface area contributed by atoms with Gasteiger partial charge in [0, 0.05) is 5.33 Å². The smallest absolute Gasteiger partial charge is 0.138 e. The lowest BCUT2D eigenvalue weighted by molar-refractivity contribution is 0.306. The monoisotopic (exact) mass is 328 g/mol. The molecule has 1 nitrogen and oxygen atoms in total. The van der Waals surface area contributed by atoms with Crippen molar-refractivity contribution in [3.05, 3.63) is 64.4 Å². The summed E-state index contributed by atoms with van der Waals surface area (Å²) in [7, 11) is 0. The van der Waals surface area contributed by atoms with Gasteiger partial charge >= 0.3 is 0 Å². The molecular formula is C14H11BrClFO. The van der Waals surface area contributed by atoms with E-state index in [1.807, 2.05) is 18.2 Å². The fourth-order valence-corrected chi connectivity index (χ4v) is 2.09. The van der Waals surface area contributed by atoms with Gasteiger partial charge in [-0.1, -0.05) is 45.7 Å². The van der Waals surface area contributed by atoms with Gasteiger partial charge in [0.15, 0.2) is 0 Å². The molecule has 0 aliphatic rings. The van der Waals surface area contributed by atoms with Crippen LogP contribution in [0.25, 0.3) is 0 Å². The van der Waals surface area contributed by atoms with E-state index in [4.69, 9.17) is 16.3 Å². The van der Waals surface area contributed by atoms with Crippen molar-refractivity contribution in [1.82, 2.24) is 0 Å². The van der Waals surface area contributed by atoms with Crippen LogP contribution < -0.4 is 4.74 Å². The highest BCUT2D eigenvalue weighted by atomic mass is 79.9. The van der Waals surface area contributed by atoms with E-state index < -0.39 is 0 Å². The molecule has 0 radical (unpaired) electrons. The SMILES string of the molecule is Fc1ccc(COc2ccc(CBr)cc2Cl)cc1. The van der Waals surface area contributed by atoms with Gasteiger partial charge in [0.2, 0.25) is 0 Å². The van der Waals surface area contributed by atoms with Gasteiger partial charge in [-0.2, -0.15) is 0 Å². The fourth-order valence-electron chi connectivity index (χ4n) is 1.49. The van der Waals surface area contributed by atoms with E-state index in [0.717, 1.165) is 16.5 Å². The first-order valence-electron chi connectivity index (χ1n) is 5.40. The lowest BCUT2D eigenvalue weighted by atomic mass is 10.2. The summed E-state index contributed by atoms with van der Waals surface area (Å²) >= 11 is 9.46. The second-order valence-electron chi connectivity index (χ2n) is 3.81. The topological polar surface area (TPSA) is 9.23 Å². The van der Waals surface area contributed by atoms with Gasteiger partial charge in [-0.05, 0) is 35.4 Å². The normalized spacial score (nSPS) is 10.4. The highest BCUT2D eigenvalue weighted by Crippen LogP contribution is 2.27. The Morgan fingerprint density at radius 3 is 2.33 bits per heavy atom.